The Bertz CT molecular complexity index is 421. The summed E-state index contributed by atoms with van der Waals surface area (Å²) < 4.78 is 1.03. The maximum atomic E-state index is 12.3. The Morgan fingerprint density at radius 2 is 1.85 bits per heavy atom. The van der Waals surface area contributed by atoms with Gasteiger partial charge in [-0.25, -0.2) is 0 Å². The number of amides is 1. The second-order valence-electron chi connectivity index (χ2n) is 5.86. The summed E-state index contributed by atoms with van der Waals surface area (Å²) in [5.41, 5.74) is 0.895. The number of rotatable bonds is 5. The molecule has 0 saturated heterocycles. The van der Waals surface area contributed by atoms with Gasteiger partial charge < -0.3 is 5.32 Å². The third-order valence-corrected chi connectivity index (χ3v) is 4.82. The third kappa shape index (κ3) is 4.62. The van der Waals surface area contributed by atoms with Crippen molar-refractivity contribution >= 4 is 27.5 Å². The molecule has 0 radical (unpaired) electrons. The molecule has 0 aliphatic heterocycles. The molecule has 110 valence electrons. The molecule has 0 heterocycles. The van der Waals surface area contributed by atoms with Crippen molar-refractivity contribution in [3.8, 4) is 0 Å². The van der Waals surface area contributed by atoms with Crippen LogP contribution in [0.2, 0.25) is 0 Å². The predicted octanol–water partition coefficient (Wildman–Crippen LogP) is 5.38. The molecule has 0 atom stereocenters. The van der Waals surface area contributed by atoms with Crippen molar-refractivity contribution in [2.45, 2.75) is 51.9 Å². The number of unbranched alkanes of at least 4 members (excludes halogenated alkanes) is 1. The first-order chi connectivity index (χ1) is 9.69. The number of nitrogens with one attached hydrogen (secondary N) is 1. The third-order valence-electron chi connectivity index (χ3n) is 4.30. The summed E-state index contributed by atoms with van der Waals surface area (Å²) in [7, 11) is 0. The van der Waals surface area contributed by atoms with Crippen LogP contribution < -0.4 is 5.32 Å². The normalized spacial score (nSPS) is 22.5. The zero-order chi connectivity index (χ0) is 14.4. The van der Waals surface area contributed by atoms with Gasteiger partial charge in [-0.05, 0) is 55.9 Å². The van der Waals surface area contributed by atoms with Crippen LogP contribution in [0.1, 0.15) is 51.9 Å². The van der Waals surface area contributed by atoms with E-state index >= 15 is 0 Å². The number of hydrogen-bond acceptors (Lipinski definition) is 1. The standard InChI is InChI=1S/C17H24BrNO/c1-2-3-4-13-5-7-14(8-6-13)17(20)19-16-11-9-15(18)10-12-16/h9-14H,2-8H2,1H3,(H,19,20). The lowest BCUT2D eigenvalue weighted by Gasteiger charge is -2.27. The topological polar surface area (TPSA) is 29.1 Å². The lowest BCUT2D eigenvalue weighted by atomic mass is 9.79. The van der Waals surface area contributed by atoms with Crippen LogP contribution in [0.25, 0.3) is 0 Å². The molecule has 2 nitrogen and oxygen atoms in total. The average Bonchev–Trinajstić information content (AvgIpc) is 2.48. The fourth-order valence-corrected chi connectivity index (χ4v) is 3.25. The van der Waals surface area contributed by atoms with Gasteiger partial charge in [-0.1, -0.05) is 42.1 Å². The van der Waals surface area contributed by atoms with Crippen LogP contribution in [-0.2, 0) is 4.79 Å². The van der Waals surface area contributed by atoms with E-state index in [1.54, 1.807) is 0 Å². The maximum Gasteiger partial charge on any atom is 0.227 e. The second-order valence-corrected chi connectivity index (χ2v) is 6.77. The zero-order valence-corrected chi connectivity index (χ0v) is 13.8. The number of benzene rings is 1. The van der Waals surface area contributed by atoms with E-state index in [0.717, 1.165) is 28.9 Å². The zero-order valence-electron chi connectivity index (χ0n) is 12.2. The molecule has 1 N–H and O–H groups in total. The smallest absolute Gasteiger partial charge is 0.227 e. The van der Waals surface area contributed by atoms with Crippen LogP contribution >= 0.6 is 15.9 Å². The molecule has 0 unspecified atom stereocenters. The van der Waals surface area contributed by atoms with Crippen LogP contribution in [0.5, 0.6) is 0 Å². The summed E-state index contributed by atoms with van der Waals surface area (Å²) in [4.78, 5) is 12.3. The SMILES string of the molecule is CCCCC1CCC(C(=O)Nc2ccc(Br)cc2)CC1. The van der Waals surface area contributed by atoms with Crippen LogP contribution in [0.3, 0.4) is 0 Å². The van der Waals surface area contributed by atoms with E-state index in [-0.39, 0.29) is 11.8 Å². The van der Waals surface area contributed by atoms with Gasteiger partial charge in [-0.3, -0.25) is 4.79 Å². The Morgan fingerprint density at radius 3 is 2.45 bits per heavy atom. The maximum absolute atomic E-state index is 12.3. The van der Waals surface area contributed by atoms with E-state index in [4.69, 9.17) is 0 Å². The first kappa shape index (κ1) is 15.6. The van der Waals surface area contributed by atoms with Crippen molar-refractivity contribution in [3.63, 3.8) is 0 Å². The van der Waals surface area contributed by atoms with Gasteiger partial charge in [0, 0.05) is 16.1 Å². The molecule has 1 aromatic rings. The van der Waals surface area contributed by atoms with Gasteiger partial charge in [0.25, 0.3) is 0 Å². The molecule has 1 aliphatic rings. The molecule has 1 amide bonds. The Hall–Kier alpha value is -0.830. The molecule has 1 aliphatic carbocycles. The summed E-state index contributed by atoms with van der Waals surface area (Å²) in [6, 6.07) is 7.79. The molecule has 0 bridgehead atoms. The van der Waals surface area contributed by atoms with E-state index < -0.39 is 0 Å². The summed E-state index contributed by atoms with van der Waals surface area (Å²) in [6.07, 6.45) is 8.51. The summed E-state index contributed by atoms with van der Waals surface area (Å²) >= 11 is 3.40. The molecule has 1 aromatic carbocycles. The van der Waals surface area contributed by atoms with Crippen LogP contribution in [-0.4, -0.2) is 5.91 Å². The van der Waals surface area contributed by atoms with Gasteiger partial charge in [-0.15, -0.1) is 0 Å². The number of halogens is 1. The summed E-state index contributed by atoms with van der Waals surface area (Å²) in [5.74, 6) is 1.25. The molecule has 1 saturated carbocycles. The highest BCUT2D eigenvalue weighted by Gasteiger charge is 2.25. The summed E-state index contributed by atoms with van der Waals surface area (Å²) in [5, 5.41) is 3.04. The molecule has 0 spiro atoms. The number of anilines is 1. The Balaban J connectivity index is 1.78. The van der Waals surface area contributed by atoms with E-state index in [1.807, 2.05) is 24.3 Å². The van der Waals surface area contributed by atoms with E-state index in [9.17, 15) is 4.79 Å². The Morgan fingerprint density at radius 1 is 1.20 bits per heavy atom. The van der Waals surface area contributed by atoms with Crippen molar-refractivity contribution in [2.24, 2.45) is 11.8 Å². The largest absolute Gasteiger partial charge is 0.326 e. The first-order valence-corrected chi connectivity index (χ1v) is 8.54. The van der Waals surface area contributed by atoms with Crippen LogP contribution in [0.4, 0.5) is 5.69 Å². The van der Waals surface area contributed by atoms with E-state index in [2.05, 4.69) is 28.2 Å². The lowest BCUT2D eigenvalue weighted by molar-refractivity contribution is -0.121. The van der Waals surface area contributed by atoms with Gasteiger partial charge in [0.15, 0.2) is 0 Å². The number of hydrogen-bond donors (Lipinski definition) is 1. The molecule has 3 heteroatoms. The Kier molecular flexibility index (Phi) is 6.08. The minimum atomic E-state index is 0.196. The van der Waals surface area contributed by atoms with E-state index in [0.29, 0.717) is 0 Å². The average molecular weight is 338 g/mol. The van der Waals surface area contributed by atoms with Crippen molar-refractivity contribution in [3.05, 3.63) is 28.7 Å². The Labute approximate surface area is 130 Å². The van der Waals surface area contributed by atoms with Crippen LogP contribution in [0.15, 0.2) is 28.7 Å². The van der Waals surface area contributed by atoms with Gasteiger partial charge in [0.1, 0.15) is 0 Å². The van der Waals surface area contributed by atoms with Gasteiger partial charge in [-0.2, -0.15) is 0 Å². The fourth-order valence-electron chi connectivity index (χ4n) is 2.98. The monoisotopic (exact) mass is 337 g/mol. The van der Waals surface area contributed by atoms with Gasteiger partial charge in [0.05, 0.1) is 0 Å². The highest BCUT2D eigenvalue weighted by molar-refractivity contribution is 9.10. The van der Waals surface area contributed by atoms with Crippen molar-refractivity contribution in [2.75, 3.05) is 5.32 Å². The number of carbonyl (C=O) groups is 1. The second kappa shape index (κ2) is 7.82. The van der Waals surface area contributed by atoms with Gasteiger partial charge >= 0.3 is 0 Å². The highest BCUT2D eigenvalue weighted by atomic mass is 79.9. The van der Waals surface area contributed by atoms with Gasteiger partial charge in [0.2, 0.25) is 5.91 Å². The molecule has 1 fully saturated rings. The molecule has 20 heavy (non-hydrogen) atoms. The van der Waals surface area contributed by atoms with E-state index in [1.165, 1.54) is 32.1 Å². The first-order valence-electron chi connectivity index (χ1n) is 7.75. The number of carbonyl (C=O) groups excluding carboxylic acids is 1. The highest BCUT2D eigenvalue weighted by Crippen LogP contribution is 2.32. The summed E-state index contributed by atoms with van der Waals surface area (Å²) in [6.45, 7) is 2.25. The predicted molar refractivity (Wildman–Crippen MR) is 87.7 cm³/mol. The lowest BCUT2D eigenvalue weighted by Crippen LogP contribution is -2.27. The quantitative estimate of drug-likeness (QED) is 0.767. The van der Waals surface area contributed by atoms with Crippen LogP contribution in [0, 0.1) is 11.8 Å². The molecular formula is C17H24BrNO. The molecule has 2 rings (SSSR count). The fraction of sp³-hybridized carbons (Fsp3) is 0.588. The molecule has 0 aromatic heterocycles. The minimum Gasteiger partial charge on any atom is -0.326 e. The van der Waals surface area contributed by atoms with Crippen molar-refractivity contribution < 1.29 is 4.79 Å². The van der Waals surface area contributed by atoms with Crippen molar-refractivity contribution in [1.82, 2.24) is 0 Å². The van der Waals surface area contributed by atoms with Crippen molar-refractivity contribution in [1.29, 1.82) is 0 Å². The minimum absolute atomic E-state index is 0.196. The molecular weight excluding hydrogens is 314 g/mol.